The summed E-state index contributed by atoms with van der Waals surface area (Å²) in [5.41, 5.74) is 2.30. The molecule has 1 fully saturated rings. The lowest BCUT2D eigenvalue weighted by atomic mass is 9.97. The number of hydrogen-bond acceptors (Lipinski definition) is 4. The van der Waals surface area contributed by atoms with Gasteiger partial charge in [-0.15, -0.1) is 0 Å². The van der Waals surface area contributed by atoms with Gasteiger partial charge in [-0.1, -0.05) is 18.2 Å². The first-order valence-corrected chi connectivity index (χ1v) is 8.70. The van der Waals surface area contributed by atoms with Crippen molar-refractivity contribution in [2.24, 2.45) is 13.0 Å². The Morgan fingerprint density at radius 1 is 1.28 bits per heavy atom. The molecule has 1 saturated heterocycles. The summed E-state index contributed by atoms with van der Waals surface area (Å²) in [5.74, 6) is 1.48. The lowest BCUT2D eigenvalue weighted by molar-refractivity contribution is 0.0903. The number of aromatic nitrogens is 4. The summed E-state index contributed by atoms with van der Waals surface area (Å²) in [5, 5.41) is 7.82. The fraction of sp³-hybridized carbons (Fsp3) is 0.368. The van der Waals surface area contributed by atoms with E-state index in [1.54, 1.807) is 0 Å². The number of ether oxygens (including phenoxy) is 1. The van der Waals surface area contributed by atoms with Gasteiger partial charge in [0.25, 0.3) is 0 Å². The fourth-order valence-corrected chi connectivity index (χ4v) is 3.46. The van der Waals surface area contributed by atoms with Crippen LogP contribution in [0.2, 0.25) is 0 Å². The van der Waals surface area contributed by atoms with Gasteiger partial charge in [-0.25, -0.2) is 4.98 Å². The highest BCUT2D eigenvalue weighted by Gasteiger charge is 2.30. The van der Waals surface area contributed by atoms with Gasteiger partial charge in [-0.05, 0) is 18.6 Å². The minimum Gasteiger partial charge on any atom is -0.373 e. The molecular weight excluding hydrogens is 314 g/mol. The first-order chi connectivity index (χ1) is 12.3. The van der Waals surface area contributed by atoms with Gasteiger partial charge in [0, 0.05) is 56.0 Å². The first kappa shape index (κ1) is 16.1. The number of para-hydroxylation sites is 1. The molecule has 130 valence electrons. The normalized spacial score (nSPS) is 20.2. The van der Waals surface area contributed by atoms with E-state index >= 15 is 0 Å². The van der Waals surface area contributed by atoms with Crippen molar-refractivity contribution in [2.75, 3.05) is 13.2 Å². The monoisotopic (exact) mass is 337 g/mol. The largest absolute Gasteiger partial charge is 0.373 e. The van der Waals surface area contributed by atoms with Gasteiger partial charge >= 0.3 is 0 Å². The zero-order valence-corrected chi connectivity index (χ0v) is 14.4. The van der Waals surface area contributed by atoms with Crippen LogP contribution in [0.3, 0.4) is 0 Å². The number of hydrogen-bond donors (Lipinski definition) is 1. The second kappa shape index (κ2) is 7.21. The molecule has 3 heterocycles. The van der Waals surface area contributed by atoms with Crippen molar-refractivity contribution >= 4 is 0 Å². The molecule has 1 aliphatic rings. The van der Waals surface area contributed by atoms with E-state index in [1.165, 1.54) is 0 Å². The van der Waals surface area contributed by atoms with Crippen LogP contribution in [0, 0.1) is 5.92 Å². The Labute approximate surface area is 147 Å². The number of nitrogens with zero attached hydrogens (tertiary/aromatic N) is 4. The lowest BCUT2D eigenvalue weighted by Crippen LogP contribution is -2.25. The molecule has 6 heteroatoms. The average Bonchev–Trinajstić information content (AvgIpc) is 3.36. The maximum atomic E-state index is 5.93. The molecule has 0 aliphatic carbocycles. The number of aryl methyl sites for hydroxylation is 1. The molecule has 3 aromatic rings. The third-order valence-corrected chi connectivity index (χ3v) is 4.71. The molecule has 25 heavy (non-hydrogen) atoms. The third-order valence-electron chi connectivity index (χ3n) is 4.71. The number of imidazole rings is 1. The summed E-state index contributed by atoms with van der Waals surface area (Å²) in [4.78, 5) is 4.49. The Morgan fingerprint density at radius 2 is 2.16 bits per heavy atom. The predicted octanol–water partition coefficient (Wildman–Crippen LogP) is 2.47. The summed E-state index contributed by atoms with van der Waals surface area (Å²) >= 11 is 0. The zero-order valence-electron chi connectivity index (χ0n) is 14.4. The van der Waals surface area contributed by atoms with Crippen LogP contribution in [0.25, 0.3) is 5.69 Å². The van der Waals surface area contributed by atoms with Crippen molar-refractivity contribution in [2.45, 2.75) is 19.1 Å². The molecular formula is C19H23N5O. The number of benzene rings is 1. The third kappa shape index (κ3) is 3.50. The molecule has 0 unspecified atom stereocenters. The molecule has 4 rings (SSSR count). The smallest absolute Gasteiger partial charge is 0.127 e. The minimum absolute atomic E-state index is 0.134. The molecule has 1 aliphatic heterocycles. The van der Waals surface area contributed by atoms with Gasteiger partial charge in [0.2, 0.25) is 0 Å². The van der Waals surface area contributed by atoms with Crippen LogP contribution in [0.15, 0.2) is 55.1 Å². The minimum atomic E-state index is 0.134. The molecule has 1 aromatic carbocycles. The molecule has 0 bridgehead atoms. The molecule has 0 radical (unpaired) electrons. The Balaban J connectivity index is 1.38. The van der Waals surface area contributed by atoms with Crippen LogP contribution >= 0.6 is 0 Å². The summed E-state index contributed by atoms with van der Waals surface area (Å²) in [6, 6.07) is 10.3. The Morgan fingerprint density at radius 3 is 2.96 bits per heavy atom. The average molecular weight is 337 g/mol. The fourth-order valence-electron chi connectivity index (χ4n) is 3.46. The molecule has 0 saturated carbocycles. The van der Waals surface area contributed by atoms with Gasteiger partial charge in [0.1, 0.15) is 5.82 Å². The Hall–Kier alpha value is -2.44. The maximum absolute atomic E-state index is 5.93. The Kier molecular flexibility index (Phi) is 4.63. The molecule has 2 aromatic heterocycles. The second-order valence-corrected chi connectivity index (χ2v) is 6.47. The lowest BCUT2D eigenvalue weighted by Gasteiger charge is -2.18. The summed E-state index contributed by atoms with van der Waals surface area (Å²) in [6.07, 6.45) is 9.01. The van der Waals surface area contributed by atoms with E-state index < -0.39 is 0 Å². The summed E-state index contributed by atoms with van der Waals surface area (Å²) < 4.78 is 9.88. The summed E-state index contributed by atoms with van der Waals surface area (Å²) in [6.45, 7) is 2.45. The molecule has 2 atom stereocenters. The van der Waals surface area contributed by atoms with Crippen molar-refractivity contribution in [3.8, 4) is 5.69 Å². The number of rotatable bonds is 6. The van der Waals surface area contributed by atoms with Crippen LogP contribution in [0.5, 0.6) is 0 Å². The Bertz CT molecular complexity index is 810. The van der Waals surface area contributed by atoms with E-state index in [-0.39, 0.29) is 6.10 Å². The van der Waals surface area contributed by atoms with E-state index in [2.05, 4.69) is 32.1 Å². The topological polar surface area (TPSA) is 56.9 Å². The highest BCUT2D eigenvalue weighted by atomic mass is 16.5. The highest BCUT2D eigenvalue weighted by molar-refractivity contribution is 5.32. The number of nitrogens with one attached hydrogen (secondary N) is 1. The SMILES string of the molecule is Cn1cc([C@@H]2OCC[C@H]2CNCc2nccn2-c2ccccc2)cn1. The van der Waals surface area contributed by atoms with Gasteiger partial charge in [0.05, 0.1) is 18.8 Å². The predicted molar refractivity (Wildman–Crippen MR) is 95.3 cm³/mol. The quantitative estimate of drug-likeness (QED) is 0.751. The van der Waals surface area contributed by atoms with Crippen LogP contribution in [0.1, 0.15) is 23.9 Å². The van der Waals surface area contributed by atoms with E-state index in [1.807, 2.05) is 54.7 Å². The van der Waals surface area contributed by atoms with Crippen LogP contribution < -0.4 is 5.32 Å². The van der Waals surface area contributed by atoms with Crippen LogP contribution in [-0.2, 0) is 18.3 Å². The van der Waals surface area contributed by atoms with E-state index in [9.17, 15) is 0 Å². The standard InChI is InChI=1S/C19H23N5O/c1-23-14-16(12-22-23)19-15(7-10-25-19)11-20-13-18-21-8-9-24(18)17-5-3-2-4-6-17/h2-6,8-9,12,14-15,19-20H,7,10-11,13H2,1H3/t15-,19+/m0/s1. The first-order valence-electron chi connectivity index (χ1n) is 8.70. The molecule has 6 nitrogen and oxygen atoms in total. The van der Waals surface area contributed by atoms with Crippen molar-refractivity contribution in [1.29, 1.82) is 0 Å². The van der Waals surface area contributed by atoms with E-state index in [4.69, 9.17) is 4.74 Å². The van der Waals surface area contributed by atoms with Gasteiger partial charge in [0.15, 0.2) is 0 Å². The molecule has 1 N–H and O–H groups in total. The second-order valence-electron chi connectivity index (χ2n) is 6.47. The van der Waals surface area contributed by atoms with Crippen molar-refractivity contribution in [1.82, 2.24) is 24.6 Å². The zero-order chi connectivity index (χ0) is 17.1. The van der Waals surface area contributed by atoms with Crippen LogP contribution in [0.4, 0.5) is 0 Å². The van der Waals surface area contributed by atoms with Gasteiger partial charge in [-0.2, -0.15) is 5.10 Å². The van der Waals surface area contributed by atoms with Crippen LogP contribution in [-0.4, -0.2) is 32.5 Å². The maximum Gasteiger partial charge on any atom is 0.127 e. The van der Waals surface area contributed by atoms with E-state index in [0.29, 0.717) is 5.92 Å². The highest BCUT2D eigenvalue weighted by Crippen LogP contribution is 2.33. The van der Waals surface area contributed by atoms with Crippen molar-refractivity contribution in [3.05, 3.63) is 66.5 Å². The molecule has 0 amide bonds. The van der Waals surface area contributed by atoms with Crippen molar-refractivity contribution < 1.29 is 4.74 Å². The van der Waals surface area contributed by atoms with E-state index in [0.717, 1.165) is 43.2 Å². The van der Waals surface area contributed by atoms with Gasteiger partial charge < -0.3 is 14.6 Å². The van der Waals surface area contributed by atoms with Gasteiger partial charge in [-0.3, -0.25) is 4.68 Å². The summed E-state index contributed by atoms with van der Waals surface area (Å²) in [7, 11) is 1.94. The molecule has 0 spiro atoms. The van der Waals surface area contributed by atoms with Crippen molar-refractivity contribution in [3.63, 3.8) is 0 Å².